The predicted molar refractivity (Wildman–Crippen MR) is 138 cm³/mol. The van der Waals surface area contributed by atoms with Gasteiger partial charge >= 0.3 is 0 Å². The summed E-state index contributed by atoms with van der Waals surface area (Å²) in [6.45, 7) is -0.223. The van der Waals surface area contributed by atoms with Crippen molar-refractivity contribution in [3.8, 4) is 5.75 Å². The van der Waals surface area contributed by atoms with Gasteiger partial charge in [0, 0.05) is 26.3 Å². The molecule has 0 saturated heterocycles. The van der Waals surface area contributed by atoms with Crippen LogP contribution in [0.1, 0.15) is 11.1 Å². The number of methoxy groups -OCH3 is 1. The average Bonchev–Trinajstić information content (AvgIpc) is 2.87. The summed E-state index contributed by atoms with van der Waals surface area (Å²) in [5, 5.41) is 3.99. The Morgan fingerprint density at radius 3 is 2.23 bits per heavy atom. The molecule has 3 aromatic rings. The Hall–Kier alpha value is -3.69. The topological polar surface area (TPSA) is 91.3 Å². The van der Waals surface area contributed by atoms with Gasteiger partial charge in [-0.1, -0.05) is 42.5 Å². The quantitative estimate of drug-likeness (QED) is 0.327. The number of sulfonamides is 1. The molecular weight excluding hydrogens is 464 g/mol. The van der Waals surface area contributed by atoms with Gasteiger partial charge in [-0.15, -0.1) is 0 Å². The zero-order valence-electron chi connectivity index (χ0n) is 20.1. The molecule has 0 heterocycles. The fraction of sp³-hybridized carbons (Fsp3) is 0.231. The number of nitrogens with zero attached hydrogens (tertiary/aromatic N) is 3. The highest BCUT2D eigenvalue weighted by atomic mass is 32.2. The number of nitrogens with one attached hydrogen (secondary N) is 1. The van der Waals surface area contributed by atoms with Crippen molar-refractivity contribution in [2.24, 2.45) is 5.10 Å². The summed E-state index contributed by atoms with van der Waals surface area (Å²) in [5.41, 5.74) is 5.26. The molecule has 0 aliphatic rings. The van der Waals surface area contributed by atoms with E-state index < -0.39 is 15.9 Å². The summed E-state index contributed by atoms with van der Waals surface area (Å²) >= 11 is 0. The molecule has 1 N–H and O–H groups in total. The SMILES string of the molecule is COc1ccc(S(=O)(=O)N(CCc2ccccc2)CC(=O)N/N=C\c2ccc(N(C)C)cc2)cc1. The monoisotopic (exact) mass is 494 g/mol. The summed E-state index contributed by atoms with van der Waals surface area (Å²) < 4.78 is 33.0. The van der Waals surface area contributed by atoms with Crippen LogP contribution in [-0.4, -0.2) is 59.1 Å². The molecule has 0 aliphatic heterocycles. The van der Waals surface area contributed by atoms with Crippen LogP contribution in [0.5, 0.6) is 5.75 Å². The molecule has 0 aliphatic carbocycles. The number of hydrazone groups is 1. The number of rotatable bonds is 11. The van der Waals surface area contributed by atoms with Crippen molar-refractivity contribution >= 4 is 27.8 Å². The maximum absolute atomic E-state index is 13.3. The second kappa shape index (κ2) is 12.1. The summed E-state index contributed by atoms with van der Waals surface area (Å²) in [4.78, 5) is 14.7. The van der Waals surface area contributed by atoms with Crippen molar-refractivity contribution in [1.82, 2.24) is 9.73 Å². The van der Waals surface area contributed by atoms with E-state index in [0.717, 1.165) is 16.8 Å². The van der Waals surface area contributed by atoms with Gasteiger partial charge in [0.15, 0.2) is 0 Å². The molecule has 0 bridgehead atoms. The van der Waals surface area contributed by atoms with Crippen molar-refractivity contribution in [3.05, 3.63) is 90.0 Å². The number of anilines is 1. The number of hydrogen-bond donors (Lipinski definition) is 1. The van der Waals surface area contributed by atoms with E-state index in [1.165, 1.54) is 29.8 Å². The van der Waals surface area contributed by atoms with E-state index in [0.29, 0.717) is 12.2 Å². The minimum atomic E-state index is -3.92. The number of amides is 1. The maximum atomic E-state index is 13.3. The van der Waals surface area contributed by atoms with Gasteiger partial charge < -0.3 is 9.64 Å². The molecule has 8 nitrogen and oxygen atoms in total. The van der Waals surface area contributed by atoms with E-state index in [1.54, 1.807) is 12.1 Å². The first kappa shape index (κ1) is 25.9. The summed E-state index contributed by atoms with van der Waals surface area (Å²) in [5.74, 6) is 0.0155. The lowest BCUT2D eigenvalue weighted by Gasteiger charge is -2.21. The molecule has 0 saturated carbocycles. The smallest absolute Gasteiger partial charge is 0.255 e. The third-order valence-corrected chi connectivity index (χ3v) is 7.18. The maximum Gasteiger partial charge on any atom is 0.255 e. The average molecular weight is 495 g/mol. The van der Waals surface area contributed by atoms with Gasteiger partial charge in [0.1, 0.15) is 5.75 Å². The Kier molecular flexibility index (Phi) is 8.99. The zero-order valence-corrected chi connectivity index (χ0v) is 20.9. The van der Waals surface area contributed by atoms with Crippen LogP contribution < -0.4 is 15.1 Å². The van der Waals surface area contributed by atoms with E-state index >= 15 is 0 Å². The van der Waals surface area contributed by atoms with Crippen LogP contribution in [0.2, 0.25) is 0 Å². The molecular formula is C26H30N4O4S. The molecule has 3 rings (SSSR count). The van der Waals surface area contributed by atoms with E-state index in [9.17, 15) is 13.2 Å². The molecule has 35 heavy (non-hydrogen) atoms. The highest BCUT2D eigenvalue weighted by molar-refractivity contribution is 7.89. The molecule has 1 amide bonds. The van der Waals surface area contributed by atoms with Gasteiger partial charge in [-0.3, -0.25) is 4.79 Å². The Bertz CT molecular complexity index is 1230. The van der Waals surface area contributed by atoms with Gasteiger partial charge in [0.25, 0.3) is 5.91 Å². The summed E-state index contributed by atoms with van der Waals surface area (Å²) in [7, 11) is 1.49. The summed E-state index contributed by atoms with van der Waals surface area (Å²) in [6.07, 6.45) is 1.98. The number of ether oxygens (including phenoxy) is 1. The van der Waals surface area contributed by atoms with Crippen LogP contribution in [0.25, 0.3) is 0 Å². The Morgan fingerprint density at radius 1 is 0.971 bits per heavy atom. The van der Waals surface area contributed by atoms with Crippen molar-refractivity contribution in [1.29, 1.82) is 0 Å². The molecule has 0 unspecified atom stereocenters. The van der Waals surface area contributed by atoms with Gasteiger partial charge in [0.2, 0.25) is 10.0 Å². The minimum absolute atomic E-state index is 0.0867. The van der Waals surface area contributed by atoms with Crippen LogP contribution in [0, 0.1) is 0 Å². The lowest BCUT2D eigenvalue weighted by molar-refractivity contribution is -0.121. The van der Waals surface area contributed by atoms with Crippen LogP contribution >= 0.6 is 0 Å². The third kappa shape index (κ3) is 7.40. The van der Waals surface area contributed by atoms with Crippen LogP contribution in [-0.2, 0) is 21.2 Å². The van der Waals surface area contributed by atoms with Crippen LogP contribution in [0.4, 0.5) is 5.69 Å². The molecule has 0 spiro atoms. The largest absolute Gasteiger partial charge is 0.497 e. The molecule has 184 valence electrons. The fourth-order valence-corrected chi connectivity index (χ4v) is 4.71. The second-order valence-electron chi connectivity index (χ2n) is 8.03. The first-order chi connectivity index (χ1) is 16.8. The lowest BCUT2D eigenvalue weighted by atomic mass is 10.1. The molecule has 0 radical (unpaired) electrons. The molecule has 0 atom stereocenters. The number of carbonyl (C=O) groups is 1. The van der Waals surface area contributed by atoms with Gasteiger partial charge in [-0.25, -0.2) is 13.8 Å². The zero-order chi connectivity index (χ0) is 25.3. The Morgan fingerprint density at radius 2 is 1.63 bits per heavy atom. The lowest BCUT2D eigenvalue weighted by Crippen LogP contribution is -2.40. The molecule has 9 heteroatoms. The first-order valence-corrected chi connectivity index (χ1v) is 12.5. The summed E-state index contributed by atoms with van der Waals surface area (Å²) in [6, 6.07) is 23.3. The van der Waals surface area contributed by atoms with Crippen molar-refractivity contribution in [2.45, 2.75) is 11.3 Å². The number of hydrogen-bond acceptors (Lipinski definition) is 6. The molecule has 0 aromatic heterocycles. The van der Waals surface area contributed by atoms with E-state index in [1.807, 2.05) is 73.6 Å². The standard InChI is InChI=1S/C26H30N4O4S/c1-29(2)23-11-9-22(10-12-23)19-27-28-26(31)20-30(18-17-21-7-5-4-6-8-21)35(32,33)25-15-13-24(34-3)14-16-25/h4-16,19H,17-18,20H2,1-3H3,(H,28,31)/b27-19-. The van der Waals surface area contributed by atoms with Crippen molar-refractivity contribution < 1.29 is 17.9 Å². The normalized spacial score (nSPS) is 11.5. The van der Waals surface area contributed by atoms with Crippen molar-refractivity contribution in [2.75, 3.05) is 39.2 Å². The van der Waals surface area contributed by atoms with Crippen molar-refractivity contribution in [3.63, 3.8) is 0 Å². The molecule has 3 aromatic carbocycles. The molecule has 0 fully saturated rings. The Balaban J connectivity index is 1.71. The van der Waals surface area contributed by atoms with E-state index in [2.05, 4.69) is 10.5 Å². The van der Waals surface area contributed by atoms with Gasteiger partial charge in [-0.05, 0) is 53.9 Å². The minimum Gasteiger partial charge on any atom is -0.497 e. The van der Waals surface area contributed by atoms with Gasteiger partial charge in [-0.2, -0.15) is 9.41 Å². The van der Waals surface area contributed by atoms with Crippen LogP contribution in [0.3, 0.4) is 0 Å². The first-order valence-electron chi connectivity index (χ1n) is 11.1. The fourth-order valence-electron chi connectivity index (χ4n) is 3.31. The van der Waals surface area contributed by atoms with E-state index in [4.69, 9.17) is 4.74 Å². The van der Waals surface area contributed by atoms with E-state index in [-0.39, 0.29) is 18.0 Å². The Labute approximate surface area is 206 Å². The van der Waals surface area contributed by atoms with Crippen LogP contribution in [0.15, 0.2) is 88.9 Å². The third-order valence-electron chi connectivity index (χ3n) is 5.32. The van der Waals surface area contributed by atoms with Gasteiger partial charge in [0.05, 0.1) is 24.8 Å². The predicted octanol–water partition coefficient (Wildman–Crippen LogP) is 3.14. The second-order valence-corrected chi connectivity index (χ2v) is 9.97. The number of carbonyl (C=O) groups excluding carboxylic acids is 1. The number of benzene rings is 3. The highest BCUT2D eigenvalue weighted by Gasteiger charge is 2.26. The highest BCUT2D eigenvalue weighted by Crippen LogP contribution is 2.20.